The number of benzene rings is 1. The lowest BCUT2D eigenvalue weighted by Gasteiger charge is -2.33. The van der Waals surface area contributed by atoms with E-state index in [1.807, 2.05) is 13.8 Å². The quantitative estimate of drug-likeness (QED) is 0.581. The lowest BCUT2D eigenvalue weighted by molar-refractivity contribution is -0.0886. The SMILES string of the molecule is Cc1c(C)c(C(=O)C(F)(F)F)c(C)c2c1OC(C)(C)C1OC21. The first-order chi connectivity index (χ1) is 9.97. The predicted octanol–water partition coefficient (Wildman–Crippen LogP) is 3.97. The summed E-state index contributed by atoms with van der Waals surface area (Å²) in [5.41, 5.74) is 0.963. The largest absolute Gasteiger partial charge is 0.484 e. The maximum Gasteiger partial charge on any atom is 0.454 e. The molecule has 0 spiro atoms. The molecule has 0 radical (unpaired) electrons. The van der Waals surface area contributed by atoms with E-state index in [4.69, 9.17) is 9.47 Å². The van der Waals surface area contributed by atoms with E-state index in [0.717, 1.165) is 0 Å². The fourth-order valence-corrected chi connectivity index (χ4v) is 3.28. The molecule has 1 saturated heterocycles. The number of alkyl halides is 3. The number of fused-ring (bicyclic) bond motifs is 3. The normalized spacial score (nSPS) is 25.1. The lowest BCUT2D eigenvalue weighted by Crippen LogP contribution is -2.39. The smallest absolute Gasteiger partial charge is 0.454 e. The number of carbonyl (C=O) groups is 1. The molecule has 3 rings (SSSR count). The zero-order valence-electron chi connectivity index (χ0n) is 13.0. The zero-order chi connectivity index (χ0) is 16.6. The Morgan fingerprint density at radius 3 is 2.23 bits per heavy atom. The van der Waals surface area contributed by atoms with Gasteiger partial charge in [-0.25, -0.2) is 0 Å². The molecule has 1 fully saturated rings. The van der Waals surface area contributed by atoms with Crippen molar-refractivity contribution >= 4 is 5.78 Å². The second-order valence-corrected chi connectivity index (χ2v) is 6.50. The minimum atomic E-state index is -4.89. The summed E-state index contributed by atoms with van der Waals surface area (Å²) in [5.74, 6) is -1.26. The Morgan fingerprint density at radius 2 is 1.68 bits per heavy atom. The number of Topliss-reactive ketones (excluding diaryl/α,β-unsaturated/α-hetero) is 1. The predicted molar refractivity (Wildman–Crippen MR) is 73.4 cm³/mol. The molecule has 0 saturated carbocycles. The van der Waals surface area contributed by atoms with Crippen LogP contribution in [0.4, 0.5) is 13.2 Å². The highest BCUT2D eigenvalue weighted by atomic mass is 19.4. The topological polar surface area (TPSA) is 38.8 Å². The number of ether oxygens (including phenoxy) is 2. The van der Waals surface area contributed by atoms with Gasteiger partial charge in [0, 0.05) is 11.1 Å². The van der Waals surface area contributed by atoms with Crippen LogP contribution in [0.5, 0.6) is 5.75 Å². The van der Waals surface area contributed by atoms with E-state index in [9.17, 15) is 18.0 Å². The van der Waals surface area contributed by atoms with Gasteiger partial charge in [0.15, 0.2) is 0 Å². The Bertz CT molecular complexity index is 689. The summed E-state index contributed by atoms with van der Waals surface area (Å²) in [7, 11) is 0. The Kier molecular flexibility index (Phi) is 2.96. The molecular weight excluding hydrogens is 297 g/mol. The van der Waals surface area contributed by atoms with Crippen molar-refractivity contribution in [1.82, 2.24) is 0 Å². The molecule has 120 valence electrons. The highest BCUT2D eigenvalue weighted by Crippen LogP contribution is 2.56. The number of ketones is 1. The number of carbonyl (C=O) groups excluding carboxylic acids is 1. The van der Waals surface area contributed by atoms with E-state index >= 15 is 0 Å². The molecule has 1 aromatic rings. The number of hydrogen-bond acceptors (Lipinski definition) is 3. The monoisotopic (exact) mass is 314 g/mol. The van der Waals surface area contributed by atoms with Gasteiger partial charge in [-0.2, -0.15) is 13.2 Å². The van der Waals surface area contributed by atoms with Gasteiger partial charge in [-0.05, 0) is 51.3 Å². The van der Waals surface area contributed by atoms with Crippen molar-refractivity contribution in [3.8, 4) is 5.75 Å². The van der Waals surface area contributed by atoms with E-state index in [1.54, 1.807) is 6.92 Å². The number of epoxide rings is 1. The van der Waals surface area contributed by atoms with Gasteiger partial charge in [-0.15, -0.1) is 0 Å². The van der Waals surface area contributed by atoms with Crippen molar-refractivity contribution in [1.29, 1.82) is 0 Å². The molecule has 3 nitrogen and oxygen atoms in total. The average molecular weight is 314 g/mol. The summed E-state index contributed by atoms with van der Waals surface area (Å²) in [6.45, 7) is 8.51. The van der Waals surface area contributed by atoms with Crippen LogP contribution in [0.25, 0.3) is 0 Å². The van der Waals surface area contributed by atoms with Crippen LogP contribution in [0.15, 0.2) is 0 Å². The van der Waals surface area contributed by atoms with Crippen molar-refractivity contribution < 1.29 is 27.4 Å². The zero-order valence-corrected chi connectivity index (χ0v) is 13.0. The lowest BCUT2D eigenvalue weighted by atomic mass is 9.84. The van der Waals surface area contributed by atoms with Gasteiger partial charge in [0.25, 0.3) is 5.78 Å². The number of rotatable bonds is 1. The van der Waals surface area contributed by atoms with E-state index in [0.29, 0.717) is 28.0 Å². The Labute approximate surface area is 126 Å². The first-order valence-corrected chi connectivity index (χ1v) is 7.06. The molecule has 2 aliphatic rings. The maximum absolute atomic E-state index is 12.9. The van der Waals surface area contributed by atoms with E-state index < -0.39 is 17.6 Å². The van der Waals surface area contributed by atoms with Crippen LogP contribution < -0.4 is 4.74 Å². The van der Waals surface area contributed by atoms with Crippen LogP contribution in [0.3, 0.4) is 0 Å². The summed E-state index contributed by atoms with van der Waals surface area (Å²) in [6, 6.07) is 0. The highest BCUT2D eigenvalue weighted by molar-refractivity contribution is 6.03. The summed E-state index contributed by atoms with van der Waals surface area (Å²) in [5, 5.41) is 0. The van der Waals surface area contributed by atoms with Crippen molar-refractivity contribution in [2.45, 2.75) is 58.6 Å². The van der Waals surface area contributed by atoms with Gasteiger partial charge < -0.3 is 9.47 Å². The summed E-state index contributed by atoms with van der Waals surface area (Å²) in [4.78, 5) is 11.8. The van der Waals surface area contributed by atoms with E-state index in [1.165, 1.54) is 13.8 Å². The fourth-order valence-electron chi connectivity index (χ4n) is 3.28. The third kappa shape index (κ3) is 1.96. The summed E-state index contributed by atoms with van der Waals surface area (Å²) in [6.07, 6.45) is -5.37. The molecule has 0 aliphatic carbocycles. The summed E-state index contributed by atoms with van der Waals surface area (Å²) >= 11 is 0. The van der Waals surface area contributed by atoms with Crippen molar-refractivity contribution in [2.75, 3.05) is 0 Å². The standard InChI is InChI=1S/C16H17F3O3/c1-6-7(2)11-10(12-14(21-12)15(4,5)22-11)8(3)9(6)13(20)16(17,18)19/h12,14H,1-5H3. The minimum absolute atomic E-state index is 0.186. The van der Waals surface area contributed by atoms with Crippen LogP contribution in [0.1, 0.15) is 52.6 Å². The van der Waals surface area contributed by atoms with Gasteiger partial charge in [0.1, 0.15) is 23.6 Å². The van der Waals surface area contributed by atoms with Gasteiger partial charge in [-0.1, -0.05) is 0 Å². The van der Waals surface area contributed by atoms with Crippen LogP contribution in [-0.2, 0) is 4.74 Å². The molecule has 0 aromatic heterocycles. The number of hydrogen-bond donors (Lipinski definition) is 0. The molecule has 2 atom stereocenters. The van der Waals surface area contributed by atoms with Crippen LogP contribution in [0, 0.1) is 20.8 Å². The first kappa shape index (κ1) is 15.3. The second kappa shape index (κ2) is 4.25. The Morgan fingerprint density at radius 1 is 1.09 bits per heavy atom. The Hall–Kier alpha value is -1.56. The fraction of sp³-hybridized carbons (Fsp3) is 0.562. The average Bonchev–Trinajstić information content (AvgIpc) is 3.15. The van der Waals surface area contributed by atoms with Gasteiger partial charge >= 0.3 is 6.18 Å². The molecule has 0 bridgehead atoms. The van der Waals surface area contributed by atoms with E-state index in [2.05, 4.69) is 0 Å². The molecular formula is C16H17F3O3. The van der Waals surface area contributed by atoms with Crippen LogP contribution >= 0.6 is 0 Å². The Balaban J connectivity index is 2.24. The van der Waals surface area contributed by atoms with Gasteiger partial charge in [-0.3, -0.25) is 4.79 Å². The molecule has 0 N–H and O–H groups in total. The molecule has 0 amide bonds. The number of halogens is 3. The molecule has 6 heteroatoms. The third-order valence-electron chi connectivity index (χ3n) is 4.61. The minimum Gasteiger partial charge on any atom is -0.484 e. The molecule has 2 unspecified atom stereocenters. The summed E-state index contributed by atoms with van der Waals surface area (Å²) < 4.78 is 50.2. The van der Waals surface area contributed by atoms with Crippen molar-refractivity contribution in [3.63, 3.8) is 0 Å². The molecule has 1 aromatic carbocycles. The van der Waals surface area contributed by atoms with Crippen molar-refractivity contribution in [3.05, 3.63) is 27.8 Å². The molecule has 22 heavy (non-hydrogen) atoms. The van der Waals surface area contributed by atoms with Gasteiger partial charge in [0.2, 0.25) is 0 Å². The van der Waals surface area contributed by atoms with Crippen molar-refractivity contribution in [2.24, 2.45) is 0 Å². The van der Waals surface area contributed by atoms with Crippen LogP contribution in [0.2, 0.25) is 0 Å². The van der Waals surface area contributed by atoms with E-state index in [-0.39, 0.29) is 17.8 Å². The maximum atomic E-state index is 12.9. The van der Waals surface area contributed by atoms with Crippen LogP contribution in [-0.4, -0.2) is 23.7 Å². The highest BCUT2D eigenvalue weighted by Gasteiger charge is 2.58. The second-order valence-electron chi connectivity index (χ2n) is 6.50. The first-order valence-electron chi connectivity index (χ1n) is 7.06. The van der Waals surface area contributed by atoms with Gasteiger partial charge in [0.05, 0.1) is 0 Å². The molecule has 2 aliphatic heterocycles. The third-order valence-corrected chi connectivity index (χ3v) is 4.61. The molecule has 2 heterocycles.